The third kappa shape index (κ3) is 7.15. The second kappa shape index (κ2) is 8.15. The van der Waals surface area contributed by atoms with Gasteiger partial charge in [-0.05, 0) is 12.5 Å². The van der Waals surface area contributed by atoms with Crippen molar-refractivity contribution in [1.82, 2.24) is 0 Å². The van der Waals surface area contributed by atoms with Gasteiger partial charge < -0.3 is 0 Å². The van der Waals surface area contributed by atoms with E-state index in [2.05, 4.69) is 13.0 Å². The van der Waals surface area contributed by atoms with Crippen molar-refractivity contribution in [1.29, 1.82) is 0 Å². The minimum atomic E-state index is 0.782. The molecule has 1 nitrogen and oxygen atoms in total. The molecule has 0 bridgehead atoms. The number of hydrogen-bond acceptors (Lipinski definition) is 1. The van der Waals surface area contributed by atoms with Crippen LogP contribution in [0, 0.1) is 0 Å². The van der Waals surface area contributed by atoms with Crippen LogP contribution in [0.25, 0.3) is 0 Å². The Hall–Kier alpha value is -0.850. The summed E-state index contributed by atoms with van der Waals surface area (Å²) in [6.45, 7) is 2.16. The zero-order valence-corrected chi connectivity index (χ0v) is 6.42. The molecule has 0 aliphatic heterocycles. The number of unbranched alkanes of at least 4 members (excludes halogenated alkanes) is 2. The molecule has 0 N–H and O–H groups in total. The van der Waals surface area contributed by atoms with E-state index in [-0.39, 0.29) is 0 Å². The van der Waals surface area contributed by atoms with Gasteiger partial charge in [-0.3, -0.25) is 4.79 Å². The Morgan fingerprint density at radius 2 is 2.00 bits per heavy atom. The van der Waals surface area contributed by atoms with Crippen LogP contribution in [0.3, 0.4) is 0 Å². The highest BCUT2D eigenvalue weighted by Crippen LogP contribution is 1.94. The molecule has 0 aromatic carbocycles. The first-order chi connectivity index (χ1) is 4.91. The van der Waals surface area contributed by atoms with Gasteiger partial charge in [0.25, 0.3) is 0 Å². The maximum Gasteiger partial charge on any atom is 0.142 e. The fraction of sp³-hybridized carbons (Fsp3) is 0.444. The highest BCUT2D eigenvalue weighted by atomic mass is 16.1. The van der Waals surface area contributed by atoms with E-state index in [0.29, 0.717) is 0 Å². The first kappa shape index (κ1) is 9.15. The van der Waals surface area contributed by atoms with Gasteiger partial charge in [0, 0.05) is 0 Å². The molecule has 0 heterocycles. The zero-order chi connectivity index (χ0) is 7.66. The third-order valence-corrected chi connectivity index (χ3v) is 1.16. The molecule has 0 fully saturated rings. The van der Waals surface area contributed by atoms with Gasteiger partial charge in [0.05, 0.1) is 0 Å². The Bertz CT molecular complexity index is 123. The quantitative estimate of drug-likeness (QED) is 0.247. The van der Waals surface area contributed by atoms with E-state index in [4.69, 9.17) is 0 Å². The van der Waals surface area contributed by atoms with Crippen molar-refractivity contribution in [3.8, 4) is 0 Å². The molecule has 0 saturated carbocycles. The largest absolute Gasteiger partial charge is 0.299 e. The molecule has 0 saturated heterocycles. The molecular weight excluding hydrogens is 124 g/mol. The maximum atomic E-state index is 9.77. The van der Waals surface area contributed by atoms with E-state index < -0.39 is 0 Å². The SMILES string of the molecule is CCCCC=CC=CC=O. The fourth-order valence-corrected chi connectivity index (χ4v) is 0.606. The highest BCUT2D eigenvalue weighted by molar-refractivity contribution is 5.65. The molecule has 10 heavy (non-hydrogen) atoms. The minimum absolute atomic E-state index is 0.782. The Morgan fingerprint density at radius 3 is 2.60 bits per heavy atom. The monoisotopic (exact) mass is 138 g/mol. The summed E-state index contributed by atoms with van der Waals surface area (Å²) in [7, 11) is 0. The number of carbonyl (C=O) groups is 1. The van der Waals surface area contributed by atoms with Crippen LogP contribution in [0.2, 0.25) is 0 Å². The van der Waals surface area contributed by atoms with Gasteiger partial charge in [0.2, 0.25) is 0 Å². The second-order valence-electron chi connectivity index (χ2n) is 2.09. The van der Waals surface area contributed by atoms with Gasteiger partial charge in [-0.2, -0.15) is 0 Å². The lowest BCUT2D eigenvalue weighted by molar-refractivity contribution is -0.104. The molecule has 1 heteroatoms. The summed E-state index contributed by atoms with van der Waals surface area (Å²) in [6, 6.07) is 0. The molecule has 0 aliphatic carbocycles. The van der Waals surface area contributed by atoms with E-state index >= 15 is 0 Å². The molecule has 0 unspecified atom stereocenters. The van der Waals surface area contributed by atoms with Gasteiger partial charge in [0.1, 0.15) is 6.29 Å². The average Bonchev–Trinajstić information content (AvgIpc) is 1.97. The zero-order valence-electron chi connectivity index (χ0n) is 6.42. The topological polar surface area (TPSA) is 17.1 Å². The van der Waals surface area contributed by atoms with Crippen molar-refractivity contribution in [2.24, 2.45) is 0 Å². The summed E-state index contributed by atoms with van der Waals surface area (Å²) >= 11 is 0. The van der Waals surface area contributed by atoms with Crippen molar-refractivity contribution in [2.45, 2.75) is 26.2 Å². The van der Waals surface area contributed by atoms with E-state index in [9.17, 15) is 4.79 Å². The van der Waals surface area contributed by atoms with Crippen LogP contribution >= 0.6 is 0 Å². The Morgan fingerprint density at radius 1 is 1.20 bits per heavy atom. The van der Waals surface area contributed by atoms with Crippen LogP contribution in [0.1, 0.15) is 26.2 Å². The Balaban J connectivity index is 3.19. The lowest BCUT2D eigenvalue weighted by Crippen LogP contribution is -1.65. The smallest absolute Gasteiger partial charge is 0.142 e. The lowest BCUT2D eigenvalue weighted by Gasteiger charge is -1.84. The average molecular weight is 138 g/mol. The molecule has 0 aromatic heterocycles. The number of rotatable bonds is 5. The van der Waals surface area contributed by atoms with Crippen LogP contribution < -0.4 is 0 Å². The van der Waals surface area contributed by atoms with Crippen LogP contribution in [0.15, 0.2) is 24.3 Å². The summed E-state index contributed by atoms with van der Waals surface area (Å²) in [4.78, 5) is 9.77. The molecule has 0 spiro atoms. The molecule has 0 atom stereocenters. The molecular formula is C9H14O. The summed E-state index contributed by atoms with van der Waals surface area (Å²) in [5.41, 5.74) is 0. The molecule has 0 amide bonds. The van der Waals surface area contributed by atoms with Crippen molar-refractivity contribution >= 4 is 6.29 Å². The van der Waals surface area contributed by atoms with Gasteiger partial charge in [0.15, 0.2) is 0 Å². The molecule has 56 valence electrons. The highest BCUT2D eigenvalue weighted by Gasteiger charge is 1.74. The van der Waals surface area contributed by atoms with Crippen LogP contribution in [-0.2, 0) is 4.79 Å². The van der Waals surface area contributed by atoms with Crippen molar-refractivity contribution < 1.29 is 4.79 Å². The molecule has 0 aromatic rings. The van der Waals surface area contributed by atoms with E-state index in [1.54, 1.807) is 6.08 Å². The fourth-order valence-electron chi connectivity index (χ4n) is 0.606. The van der Waals surface area contributed by atoms with Gasteiger partial charge in [-0.25, -0.2) is 0 Å². The Kier molecular flexibility index (Phi) is 7.46. The van der Waals surface area contributed by atoms with Gasteiger partial charge in [-0.15, -0.1) is 0 Å². The number of allylic oxidation sites excluding steroid dienone is 4. The van der Waals surface area contributed by atoms with Crippen LogP contribution in [0.5, 0.6) is 0 Å². The van der Waals surface area contributed by atoms with E-state index in [1.165, 1.54) is 18.9 Å². The molecule has 0 radical (unpaired) electrons. The normalized spacial score (nSPS) is 11.3. The van der Waals surface area contributed by atoms with Crippen LogP contribution in [0.4, 0.5) is 0 Å². The third-order valence-electron chi connectivity index (χ3n) is 1.16. The number of carbonyl (C=O) groups excluding carboxylic acids is 1. The Labute approximate surface area is 62.4 Å². The first-order valence-electron chi connectivity index (χ1n) is 3.68. The van der Waals surface area contributed by atoms with Crippen LogP contribution in [-0.4, -0.2) is 6.29 Å². The standard InChI is InChI=1S/C9H14O/c1-2-3-4-5-6-7-8-9-10/h5-9H,2-4H2,1H3. The predicted octanol–water partition coefficient (Wildman–Crippen LogP) is 2.49. The van der Waals surface area contributed by atoms with E-state index in [1.807, 2.05) is 6.08 Å². The number of aldehydes is 1. The summed E-state index contributed by atoms with van der Waals surface area (Å²) < 4.78 is 0. The first-order valence-corrected chi connectivity index (χ1v) is 3.68. The summed E-state index contributed by atoms with van der Waals surface area (Å²) in [6.07, 6.45) is 11.6. The maximum absolute atomic E-state index is 9.77. The number of hydrogen-bond donors (Lipinski definition) is 0. The summed E-state index contributed by atoms with van der Waals surface area (Å²) in [5, 5.41) is 0. The minimum Gasteiger partial charge on any atom is -0.299 e. The lowest BCUT2D eigenvalue weighted by atomic mass is 10.2. The van der Waals surface area contributed by atoms with Crippen molar-refractivity contribution in [3.05, 3.63) is 24.3 Å². The summed E-state index contributed by atoms with van der Waals surface area (Å²) in [5.74, 6) is 0. The van der Waals surface area contributed by atoms with Gasteiger partial charge in [-0.1, -0.05) is 38.0 Å². The van der Waals surface area contributed by atoms with Crippen molar-refractivity contribution in [3.63, 3.8) is 0 Å². The molecule has 0 rings (SSSR count). The predicted molar refractivity (Wildman–Crippen MR) is 43.9 cm³/mol. The second-order valence-corrected chi connectivity index (χ2v) is 2.09. The molecule has 0 aliphatic rings. The van der Waals surface area contributed by atoms with Crippen molar-refractivity contribution in [2.75, 3.05) is 0 Å². The van der Waals surface area contributed by atoms with E-state index in [0.717, 1.165) is 12.7 Å². The van der Waals surface area contributed by atoms with Gasteiger partial charge >= 0.3 is 0 Å².